The molecule has 0 heterocycles. The standard InChI is InChI=1S/C9H11F2NOS/c1-13-12-6-7-2-4-8(5-3-7)14-9(10)11/h2-5,9,12H,6H2,1H3. The van der Waals surface area contributed by atoms with Crippen LogP contribution in [0, 0.1) is 0 Å². The van der Waals surface area contributed by atoms with Gasteiger partial charge in [-0.05, 0) is 17.7 Å². The van der Waals surface area contributed by atoms with Crippen LogP contribution in [0.2, 0.25) is 0 Å². The molecule has 1 aromatic carbocycles. The van der Waals surface area contributed by atoms with Crippen molar-refractivity contribution in [3.05, 3.63) is 29.8 Å². The summed E-state index contributed by atoms with van der Waals surface area (Å²) in [7, 11) is 1.53. The molecular formula is C9H11F2NOS. The summed E-state index contributed by atoms with van der Waals surface area (Å²) in [5.74, 6) is -2.36. The van der Waals surface area contributed by atoms with E-state index in [9.17, 15) is 8.78 Å². The highest BCUT2D eigenvalue weighted by molar-refractivity contribution is 7.99. The van der Waals surface area contributed by atoms with Gasteiger partial charge in [0.1, 0.15) is 0 Å². The molecule has 0 aliphatic carbocycles. The van der Waals surface area contributed by atoms with Gasteiger partial charge in [0, 0.05) is 11.4 Å². The van der Waals surface area contributed by atoms with Crippen LogP contribution < -0.4 is 5.48 Å². The first-order chi connectivity index (χ1) is 6.72. The van der Waals surface area contributed by atoms with E-state index in [1.54, 1.807) is 24.3 Å². The summed E-state index contributed by atoms with van der Waals surface area (Å²) >= 11 is 0.546. The van der Waals surface area contributed by atoms with Gasteiger partial charge in [-0.15, -0.1) is 0 Å². The fraction of sp³-hybridized carbons (Fsp3) is 0.333. The van der Waals surface area contributed by atoms with Crippen molar-refractivity contribution in [2.45, 2.75) is 17.2 Å². The van der Waals surface area contributed by atoms with E-state index in [2.05, 4.69) is 10.3 Å². The van der Waals surface area contributed by atoms with E-state index in [1.165, 1.54) is 7.11 Å². The largest absolute Gasteiger partial charge is 0.305 e. The number of hydrogen-bond acceptors (Lipinski definition) is 3. The van der Waals surface area contributed by atoms with E-state index in [4.69, 9.17) is 0 Å². The van der Waals surface area contributed by atoms with Gasteiger partial charge in [0.05, 0.1) is 7.11 Å². The average Bonchev–Trinajstić information content (AvgIpc) is 2.16. The van der Waals surface area contributed by atoms with Crippen LogP contribution in [0.4, 0.5) is 8.78 Å². The lowest BCUT2D eigenvalue weighted by Crippen LogP contribution is -2.10. The Hall–Kier alpha value is -0.650. The summed E-state index contributed by atoms with van der Waals surface area (Å²) in [6, 6.07) is 6.92. The van der Waals surface area contributed by atoms with Gasteiger partial charge in [0.2, 0.25) is 0 Å². The van der Waals surface area contributed by atoms with Gasteiger partial charge in [-0.3, -0.25) is 0 Å². The lowest BCUT2D eigenvalue weighted by Gasteiger charge is -2.03. The van der Waals surface area contributed by atoms with Crippen molar-refractivity contribution in [3.63, 3.8) is 0 Å². The minimum atomic E-state index is -2.36. The Balaban J connectivity index is 2.50. The molecule has 0 aromatic heterocycles. The highest BCUT2D eigenvalue weighted by Crippen LogP contribution is 2.24. The molecule has 1 rings (SSSR count). The van der Waals surface area contributed by atoms with Crippen LogP contribution in [0.5, 0.6) is 0 Å². The maximum absolute atomic E-state index is 12.0. The van der Waals surface area contributed by atoms with Gasteiger partial charge in [0.25, 0.3) is 5.76 Å². The normalized spacial score (nSPS) is 10.9. The van der Waals surface area contributed by atoms with Crippen LogP contribution in [0.3, 0.4) is 0 Å². The van der Waals surface area contributed by atoms with Crippen molar-refractivity contribution in [2.75, 3.05) is 7.11 Å². The zero-order chi connectivity index (χ0) is 10.4. The molecule has 1 aromatic rings. The second-order valence-corrected chi connectivity index (χ2v) is 3.61. The number of alkyl halides is 2. The number of halogens is 2. The smallest absolute Gasteiger partial charge is 0.288 e. The average molecular weight is 219 g/mol. The molecule has 0 amide bonds. The van der Waals surface area contributed by atoms with Crippen molar-refractivity contribution in [2.24, 2.45) is 0 Å². The van der Waals surface area contributed by atoms with E-state index in [0.717, 1.165) is 5.56 Å². The number of nitrogens with one attached hydrogen (secondary N) is 1. The lowest BCUT2D eigenvalue weighted by molar-refractivity contribution is 0.0867. The van der Waals surface area contributed by atoms with E-state index in [1.807, 2.05) is 0 Å². The fourth-order valence-electron chi connectivity index (χ4n) is 0.944. The SMILES string of the molecule is CONCc1ccc(SC(F)F)cc1. The number of benzene rings is 1. The molecule has 2 nitrogen and oxygen atoms in total. The molecule has 1 N–H and O–H groups in total. The van der Waals surface area contributed by atoms with Crippen LogP contribution in [-0.4, -0.2) is 12.9 Å². The summed E-state index contributed by atoms with van der Waals surface area (Å²) in [5.41, 5.74) is 3.66. The molecule has 0 fully saturated rings. The summed E-state index contributed by atoms with van der Waals surface area (Å²) in [4.78, 5) is 5.24. The summed E-state index contributed by atoms with van der Waals surface area (Å²) in [6.45, 7) is 0.566. The number of hydrogen-bond donors (Lipinski definition) is 1. The van der Waals surface area contributed by atoms with Gasteiger partial charge in [-0.1, -0.05) is 23.9 Å². The Morgan fingerprint density at radius 1 is 1.36 bits per heavy atom. The molecule has 0 radical (unpaired) electrons. The summed E-state index contributed by atoms with van der Waals surface area (Å²) < 4.78 is 23.9. The van der Waals surface area contributed by atoms with E-state index >= 15 is 0 Å². The second kappa shape index (κ2) is 5.95. The van der Waals surface area contributed by atoms with Crippen LogP contribution in [0.1, 0.15) is 5.56 Å². The zero-order valence-corrected chi connectivity index (χ0v) is 8.48. The third-order valence-corrected chi connectivity index (χ3v) is 2.29. The third kappa shape index (κ3) is 4.04. The monoisotopic (exact) mass is 219 g/mol. The molecule has 0 unspecified atom stereocenters. The van der Waals surface area contributed by atoms with Gasteiger partial charge < -0.3 is 4.84 Å². The number of rotatable bonds is 5. The topological polar surface area (TPSA) is 21.3 Å². The first kappa shape index (κ1) is 11.4. The summed E-state index contributed by atoms with van der Waals surface area (Å²) in [5, 5.41) is 0. The van der Waals surface area contributed by atoms with Crippen molar-refractivity contribution in [1.82, 2.24) is 5.48 Å². The molecule has 0 saturated carbocycles. The molecule has 0 atom stereocenters. The van der Waals surface area contributed by atoms with Crippen LogP contribution in [0.25, 0.3) is 0 Å². The van der Waals surface area contributed by atoms with Gasteiger partial charge >= 0.3 is 0 Å². The Bertz CT molecular complexity index is 266. The predicted molar refractivity (Wildman–Crippen MR) is 52.2 cm³/mol. The van der Waals surface area contributed by atoms with E-state index in [0.29, 0.717) is 23.2 Å². The molecule has 5 heteroatoms. The van der Waals surface area contributed by atoms with Gasteiger partial charge in [-0.25, -0.2) is 0 Å². The van der Waals surface area contributed by atoms with Crippen molar-refractivity contribution >= 4 is 11.8 Å². The quantitative estimate of drug-likeness (QED) is 0.607. The third-order valence-electron chi connectivity index (χ3n) is 1.57. The van der Waals surface area contributed by atoms with Gasteiger partial charge in [0.15, 0.2) is 0 Å². The maximum Gasteiger partial charge on any atom is 0.288 e. The molecule has 0 spiro atoms. The fourth-order valence-corrected chi connectivity index (χ4v) is 1.44. The minimum Gasteiger partial charge on any atom is -0.305 e. The molecule has 0 aliphatic heterocycles. The molecule has 0 aliphatic rings. The van der Waals surface area contributed by atoms with E-state index in [-0.39, 0.29) is 0 Å². The highest BCUT2D eigenvalue weighted by atomic mass is 32.2. The highest BCUT2D eigenvalue weighted by Gasteiger charge is 2.04. The molecule has 78 valence electrons. The van der Waals surface area contributed by atoms with Crippen molar-refractivity contribution in [3.8, 4) is 0 Å². The lowest BCUT2D eigenvalue weighted by atomic mass is 10.2. The van der Waals surface area contributed by atoms with E-state index < -0.39 is 5.76 Å². The Morgan fingerprint density at radius 3 is 2.50 bits per heavy atom. The van der Waals surface area contributed by atoms with Crippen molar-refractivity contribution in [1.29, 1.82) is 0 Å². The van der Waals surface area contributed by atoms with Crippen LogP contribution >= 0.6 is 11.8 Å². The first-order valence-electron chi connectivity index (χ1n) is 4.02. The molecule has 0 bridgehead atoms. The minimum absolute atomic E-state index is 0.546. The molecular weight excluding hydrogens is 208 g/mol. The van der Waals surface area contributed by atoms with Gasteiger partial charge in [-0.2, -0.15) is 14.3 Å². The maximum atomic E-state index is 12.0. The molecule has 14 heavy (non-hydrogen) atoms. The number of thioether (sulfide) groups is 1. The summed E-state index contributed by atoms with van der Waals surface area (Å²) in [6.07, 6.45) is 0. The van der Waals surface area contributed by atoms with Crippen LogP contribution in [0.15, 0.2) is 29.2 Å². The van der Waals surface area contributed by atoms with Crippen molar-refractivity contribution < 1.29 is 13.6 Å². The Kier molecular flexibility index (Phi) is 4.86. The van der Waals surface area contributed by atoms with Crippen LogP contribution in [-0.2, 0) is 11.4 Å². The molecule has 0 saturated heterocycles. The second-order valence-electron chi connectivity index (χ2n) is 2.55. The predicted octanol–water partition coefficient (Wildman–Crippen LogP) is 2.65. The number of hydroxylamine groups is 1. The first-order valence-corrected chi connectivity index (χ1v) is 4.90. The zero-order valence-electron chi connectivity index (χ0n) is 7.67. The Labute approximate surface area is 85.6 Å². The Morgan fingerprint density at radius 2 is 2.00 bits per heavy atom.